The number of aryl methyl sites for hydroxylation is 1. The van der Waals surface area contributed by atoms with Crippen molar-refractivity contribution in [2.24, 2.45) is 0 Å². The number of hydrogen-bond donors (Lipinski definition) is 0. The van der Waals surface area contributed by atoms with Gasteiger partial charge in [0.25, 0.3) is 0 Å². The quantitative estimate of drug-likeness (QED) is 0.824. The first kappa shape index (κ1) is 15.6. The molecule has 0 bridgehead atoms. The summed E-state index contributed by atoms with van der Waals surface area (Å²) >= 11 is 0. The molecular formula is C18H26N2O. The largest absolute Gasteiger partial charge is 0.494 e. The average Bonchev–Trinajstić information content (AvgIpc) is 2.84. The molecular weight excluding hydrogens is 260 g/mol. The summed E-state index contributed by atoms with van der Waals surface area (Å²) in [6.45, 7) is 12.5. The maximum Gasteiger partial charge on any atom is 0.119 e. The standard InChI is InChI=1S/C18H26N2O/c1-6-20-17(18(3,4)5)13-15(19-20)12-14-8-10-16(11-9-14)21-7-2/h8-11,13H,6-7,12H2,1-5H3. The van der Waals surface area contributed by atoms with Crippen molar-refractivity contribution in [3.05, 3.63) is 47.3 Å². The first-order valence-corrected chi connectivity index (χ1v) is 7.73. The summed E-state index contributed by atoms with van der Waals surface area (Å²) in [4.78, 5) is 0. The minimum Gasteiger partial charge on any atom is -0.494 e. The molecule has 21 heavy (non-hydrogen) atoms. The zero-order chi connectivity index (χ0) is 15.5. The Bertz CT molecular complexity index is 576. The van der Waals surface area contributed by atoms with E-state index in [0.717, 1.165) is 24.4 Å². The first-order chi connectivity index (χ1) is 9.94. The molecule has 0 saturated carbocycles. The SMILES string of the molecule is CCOc1ccc(Cc2cc(C(C)(C)C)n(CC)n2)cc1. The third-order valence-electron chi connectivity index (χ3n) is 3.52. The predicted molar refractivity (Wildman–Crippen MR) is 87.0 cm³/mol. The van der Waals surface area contributed by atoms with Crippen LogP contribution < -0.4 is 4.74 Å². The van der Waals surface area contributed by atoms with Gasteiger partial charge in [-0.15, -0.1) is 0 Å². The van der Waals surface area contributed by atoms with E-state index in [1.165, 1.54) is 11.3 Å². The normalized spacial score (nSPS) is 11.7. The van der Waals surface area contributed by atoms with E-state index < -0.39 is 0 Å². The van der Waals surface area contributed by atoms with Gasteiger partial charge in [-0.2, -0.15) is 5.10 Å². The van der Waals surface area contributed by atoms with Crippen LogP contribution >= 0.6 is 0 Å². The second kappa shape index (κ2) is 6.33. The van der Waals surface area contributed by atoms with Crippen molar-refractivity contribution in [2.75, 3.05) is 6.61 Å². The van der Waals surface area contributed by atoms with Crippen LogP contribution in [0.1, 0.15) is 51.6 Å². The highest BCUT2D eigenvalue weighted by atomic mass is 16.5. The van der Waals surface area contributed by atoms with E-state index in [1.807, 2.05) is 19.1 Å². The van der Waals surface area contributed by atoms with Gasteiger partial charge in [0, 0.05) is 24.1 Å². The number of hydrogen-bond acceptors (Lipinski definition) is 2. The van der Waals surface area contributed by atoms with E-state index in [2.05, 4.69) is 50.6 Å². The molecule has 0 radical (unpaired) electrons. The monoisotopic (exact) mass is 286 g/mol. The summed E-state index contributed by atoms with van der Waals surface area (Å²) in [6, 6.07) is 10.5. The van der Waals surface area contributed by atoms with Gasteiger partial charge in [-0.1, -0.05) is 32.9 Å². The first-order valence-electron chi connectivity index (χ1n) is 7.73. The summed E-state index contributed by atoms with van der Waals surface area (Å²) in [5.41, 5.74) is 3.82. The van der Waals surface area contributed by atoms with Crippen molar-refractivity contribution in [3.8, 4) is 5.75 Å². The molecule has 0 fully saturated rings. The molecule has 0 aliphatic carbocycles. The predicted octanol–water partition coefficient (Wildman–Crippen LogP) is 4.19. The smallest absolute Gasteiger partial charge is 0.119 e. The van der Waals surface area contributed by atoms with Crippen LogP contribution in [-0.2, 0) is 18.4 Å². The highest BCUT2D eigenvalue weighted by Gasteiger charge is 2.20. The molecule has 0 N–H and O–H groups in total. The molecule has 2 rings (SSSR count). The number of rotatable bonds is 5. The molecule has 0 amide bonds. The Morgan fingerprint density at radius 2 is 1.76 bits per heavy atom. The van der Waals surface area contributed by atoms with Crippen molar-refractivity contribution >= 4 is 0 Å². The molecule has 0 aliphatic rings. The summed E-state index contributed by atoms with van der Waals surface area (Å²) in [7, 11) is 0. The van der Waals surface area contributed by atoms with Crippen molar-refractivity contribution in [1.82, 2.24) is 9.78 Å². The Labute approximate surface area is 127 Å². The Balaban J connectivity index is 2.18. The topological polar surface area (TPSA) is 27.1 Å². The molecule has 0 atom stereocenters. The second-order valence-electron chi connectivity index (χ2n) is 6.34. The zero-order valence-electron chi connectivity index (χ0n) is 13.8. The summed E-state index contributed by atoms with van der Waals surface area (Å²) in [5, 5.41) is 4.73. The fraction of sp³-hybridized carbons (Fsp3) is 0.500. The van der Waals surface area contributed by atoms with Gasteiger partial charge in [0.05, 0.1) is 12.3 Å². The highest BCUT2D eigenvalue weighted by Crippen LogP contribution is 2.24. The fourth-order valence-electron chi connectivity index (χ4n) is 2.48. The molecule has 0 unspecified atom stereocenters. The second-order valence-corrected chi connectivity index (χ2v) is 6.34. The lowest BCUT2D eigenvalue weighted by Gasteiger charge is -2.19. The summed E-state index contributed by atoms with van der Waals surface area (Å²) < 4.78 is 7.59. The molecule has 1 aromatic carbocycles. The third-order valence-corrected chi connectivity index (χ3v) is 3.52. The lowest BCUT2D eigenvalue weighted by Crippen LogP contribution is -2.17. The van der Waals surface area contributed by atoms with Gasteiger partial charge >= 0.3 is 0 Å². The molecule has 0 spiro atoms. The molecule has 3 nitrogen and oxygen atoms in total. The van der Waals surface area contributed by atoms with Crippen LogP contribution in [0, 0.1) is 0 Å². The zero-order valence-corrected chi connectivity index (χ0v) is 13.8. The number of ether oxygens (including phenoxy) is 1. The molecule has 0 saturated heterocycles. The summed E-state index contributed by atoms with van der Waals surface area (Å²) in [6.07, 6.45) is 0.864. The van der Waals surface area contributed by atoms with Crippen molar-refractivity contribution < 1.29 is 4.74 Å². The van der Waals surface area contributed by atoms with Crippen molar-refractivity contribution in [1.29, 1.82) is 0 Å². The molecule has 3 heteroatoms. The van der Waals surface area contributed by atoms with Crippen LogP contribution in [0.25, 0.3) is 0 Å². The van der Waals surface area contributed by atoms with E-state index in [9.17, 15) is 0 Å². The van der Waals surface area contributed by atoms with Gasteiger partial charge in [-0.3, -0.25) is 4.68 Å². The highest BCUT2D eigenvalue weighted by molar-refractivity contribution is 5.30. The van der Waals surface area contributed by atoms with E-state index in [0.29, 0.717) is 6.61 Å². The van der Waals surface area contributed by atoms with Gasteiger partial charge in [0.15, 0.2) is 0 Å². The van der Waals surface area contributed by atoms with Crippen LogP contribution in [0.4, 0.5) is 0 Å². The van der Waals surface area contributed by atoms with E-state index in [4.69, 9.17) is 9.84 Å². The minimum atomic E-state index is 0.125. The fourth-order valence-corrected chi connectivity index (χ4v) is 2.48. The Morgan fingerprint density at radius 3 is 2.24 bits per heavy atom. The molecule has 2 aromatic rings. The van der Waals surface area contributed by atoms with Crippen LogP contribution in [0.2, 0.25) is 0 Å². The minimum absolute atomic E-state index is 0.125. The number of aromatic nitrogens is 2. The Hall–Kier alpha value is -1.77. The maximum absolute atomic E-state index is 5.48. The molecule has 114 valence electrons. The number of benzene rings is 1. The average molecular weight is 286 g/mol. The van der Waals surface area contributed by atoms with E-state index >= 15 is 0 Å². The van der Waals surface area contributed by atoms with Gasteiger partial charge < -0.3 is 4.74 Å². The van der Waals surface area contributed by atoms with E-state index in [-0.39, 0.29) is 5.41 Å². The molecule has 1 heterocycles. The Morgan fingerprint density at radius 1 is 1.10 bits per heavy atom. The van der Waals surface area contributed by atoms with Crippen LogP contribution in [0.3, 0.4) is 0 Å². The van der Waals surface area contributed by atoms with Gasteiger partial charge in [-0.05, 0) is 37.6 Å². The summed E-state index contributed by atoms with van der Waals surface area (Å²) in [5.74, 6) is 0.927. The molecule has 0 aliphatic heterocycles. The molecule has 1 aromatic heterocycles. The third kappa shape index (κ3) is 3.87. The van der Waals surface area contributed by atoms with Crippen LogP contribution in [-0.4, -0.2) is 16.4 Å². The maximum atomic E-state index is 5.48. The van der Waals surface area contributed by atoms with Gasteiger partial charge in [-0.25, -0.2) is 0 Å². The van der Waals surface area contributed by atoms with Gasteiger partial charge in [0.1, 0.15) is 5.75 Å². The van der Waals surface area contributed by atoms with E-state index in [1.54, 1.807) is 0 Å². The van der Waals surface area contributed by atoms with Crippen LogP contribution in [0.5, 0.6) is 5.75 Å². The van der Waals surface area contributed by atoms with Crippen molar-refractivity contribution in [3.63, 3.8) is 0 Å². The Kier molecular flexibility index (Phi) is 4.71. The van der Waals surface area contributed by atoms with Crippen LogP contribution in [0.15, 0.2) is 30.3 Å². The van der Waals surface area contributed by atoms with Crippen molar-refractivity contribution in [2.45, 2.75) is 53.0 Å². The lowest BCUT2D eigenvalue weighted by molar-refractivity contribution is 0.340. The number of nitrogens with zero attached hydrogens (tertiary/aromatic N) is 2. The van der Waals surface area contributed by atoms with Gasteiger partial charge in [0.2, 0.25) is 0 Å². The lowest BCUT2D eigenvalue weighted by atomic mass is 9.91.